The molecular weight excluding hydrogens is 452 g/mol. The zero-order valence-corrected chi connectivity index (χ0v) is 19.0. The van der Waals surface area contributed by atoms with Crippen molar-refractivity contribution in [3.63, 3.8) is 0 Å². The maximum Gasteiger partial charge on any atom is 0.277 e. The van der Waals surface area contributed by atoms with Crippen LogP contribution in [0.15, 0.2) is 63.1 Å². The van der Waals surface area contributed by atoms with Gasteiger partial charge in [0, 0.05) is 18.7 Å². The van der Waals surface area contributed by atoms with Gasteiger partial charge < -0.3 is 14.5 Å². The number of aromatic nitrogens is 2. The summed E-state index contributed by atoms with van der Waals surface area (Å²) in [6.07, 6.45) is 1.77. The highest BCUT2D eigenvalue weighted by molar-refractivity contribution is 7.99. The van der Waals surface area contributed by atoms with E-state index in [1.54, 1.807) is 42.5 Å². The smallest absolute Gasteiger partial charge is 0.277 e. The molecule has 4 rings (SSSR count). The Hall–Kier alpha value is -2.89. The van der Waals surface area contributed by atoms with Crippen LogP contribution >= 0.6 is 11.8 Å². The first-order valence-electron chi connectivity index (χ1n) is 9.97. The lowest BCUT2D eigenvalue weighted by molar-refractivity contribution is -0.113. The molecule has 32 heavy (non-hydrogen) atoms. The molecule has 11 heteroatoms. The molecule has 1 amide bonds. The van der Waals surface area contributed by atoms with Crippen LogP contribution in [0.5, 0.6) is 5.75 Å². The van der Waals surface area contributed by atoms with E-state index in [9.17, 15) is 13.2 Å². The van der Waals surface area contributed by atoms with Gasteiger partial charge in [0.05, 0.1) is 23.4 Å². The number of ether oxygens (including phenoxy) is 1. The normalized spacial score (nSPS) is 14.4. The predicted molar refractivity (Wildman–Crippen MR) is 120 cm³/mol. The first-order chi connectivity index (χ1) is 15.5. The summed E-state index contributed by atoms with van der Waals surface area (Å²) >= 11 is 1.11. The fraction of sp³-hybridized carbons (Fsp3) is 0.286. The summed E-state index contributed by atoms with van der Waals surface area (Å²) in [6.45, 7) is 1.11. The number of carbonyl (C=O) groups excluding carboxylic acids is 1. The Bertz CT molecular complexity index is 1190. The first kappa shape index (κ1) is 22.3. The number of thioether (sulfide) groups is 1. The molecule has 0 radical (unpaired) electrons. The van der Waals surface area contributed by atoms with Crippen molar-refractivity contribution in [3.8, 4) is 17.2 Å². The number of anilines is 1. The average Bonchev–Trinajstić information content (AvgIpc) is 3.51. The molecule has 2 aromatic carbocycles. The maximum atomic E-state index is 12.6. The summed E-state index contributed by atoms with van der Waals surface area (Å²) in [5.41, 5.74) is 1.18. The van der Waals surface area contributed by atoms with Crippen LogP contribution in [-0.4, -0.2) is 54.8 Å². The van der Waals surface area contributed by atoms with Gasteiger partial charge in [0.25, 0.3) is 5.22 Å². The van der Waals surface area contributed by atoms with Crippen molar-refractivity contribution in [2.24, 2.45) is 0 Å². The van der Waals surface area contributed by atoms with Gasteiger partial charge in [0.2, 0.25) is 21.8 Å². The van der Waals surface area contributed by atoms with E-state index in [0.29, 0.717) is 30.1 Å². The number of hydrogen-bond acceptors (Lipinski definition) is 8. The van der Waals surface area contributed by atoms with Gasteiger partial charge in [0.1, 0.15) is 5.75 Å². The molecule has 1 saturated heterocycles. The van der Waals surface area contributed by atoms with E-state index in [1.807, 2.05) is 6.07 Å². The van der Waals surface area contributed by atoms with Crippen molar-refractivity contribution >= 4 is 33.4 Å². The molecule has 1 fully saturated rings. The molecule has 0 aliphatic carbocycles. The molecule has 2 heterocycles. The van der Waals surface area contributed by atoms with Gasteiger partial charge in [-0.2, -0.15) is 4.31 Å². The second-order valence-electron chi connectivity index (χ2n) is 7.05. The Labute approximate surface area is 190 Å². The molecular formula is C21H22N4O5S2. The van der Waals surface area contributed by atoms with Gasteiger partial charge in [-0.05, 0) is 49.2 Å². The third-order valence-electron chi connectivity index (χ3n) is 4.92. The summed E-state index contributed by atoms with van der Waals surface area (Å²) in [6, 6.07) is 13.5. The van der Waals surface area contributed by atoms with E-state index in [0.717, 1.165) is 24.6 Å². The fourth-order valence-electron chi connectivity index (χ4n) is 3.29. The number of amides is 1. The van der Waals surface area contributed by atoms with Crippen LogP contribution in [0, 0.1) is 0 Å². The molecule has 1 N–H and O–H groups in total. The second kappa shape index (κ2) is 9.72. The van der Waals surface area contributed by atoms with Crippen LogP contribution in [0.3, 0.4) is 0 Å². The lowest BCUT2D eigenvalue weighted by Crippen LogP contribution is -2.27. The standard InChI is InChI=1S/C21H22N4O5S2/c1-29-18-7-3-2-6-17(18)22-19(26)14-31-21-24-23-20(30-21)15-8-10-16(11-9-15)32(27,28)25-12-4-5-13-25/h2-3,6-11H,4-5,12-14H2,1H3,(H,22,26). The van der Waals surface area contributed by atoms with Crippen LogP contribution in [0.4, 0.5) is 5.69 Å². The van der Waals surface area contributed by atoms with Crippen molar-refractivity contribution in [1.82, 2.24) is 14.5 Å². The van der Waals surface area contributed by atoms with Crippen LogP contribution in [0.2, 0.25) is 0 Å². The minimum absolute atomic E-state index is 0.0761. The van der Waals surface area contributed by atoms with Crippen molar-refractivity contribution in [2.45, 2.75) is 23.0 Å². The predicted octanol–water partition coefficient (Wildman–Crippen LogP) is 3.26. The third kappa shape index (κ3) is 4.95. The van der Waals surface area contributed by atoms with Gasteiger partial charge in [-0.1, -0.05) is 23.9 Å². The Morgan fingerprint density at radius 2 is 1.84 bits per heavy atom. The first-order valence-corrected chi connectivity index (χ1v) is 12.4. The van der Waals surface area contributed by atoms with Crippen LogP contribution in [0.1, 0.15) is 12.8 Å². The quantitative estimate of drug-likeness (QED) is 0.495. The molecule has 9 nitrogen and oxygen atoms in total. The molecule has 0 bridgehead atoms. The van der Waals surface area contributed by atoms with Crippen LogP contribution < -0.4 is 10.1 Å². The number of hydrogen-bond donors (Lipinski definition) is 1. The van der Waals surface area contributed by atoms with E-state index in [4.69, 9.17) is 9.15 Å². The van der Waals surface area contributed by atoms with Crippen molar-refractivity contribution in [2.75, 3.05) is 31.3 Å². The Balaban J connectivity index is 1.37. The monoisotopic (exact) mass is 474 g/mol. The average molecular weight is 475 g/mol. The number of nitrogens with zero attached hydrogens (tertiary/aromatic N) is 3. The Morgan fingerprint density at radius 1 is 1.12 bits per heavy atom. The SMILES string of the molecule is COc1ccccc1NC(=O)CSc1nnc(-c2ccc(S(=O)(=O)N3CCCC3)cc2)o1. The minimum Gasteiger partial charge on any atom is -0.495 e. The number of sulfonamides is 1. The zero-order valence-electron chi connectivity index (χ0n) is 17.4. The molecule has 1 aromatic heterocycles. The molecule has 168 valence electrons. The highest BCUT2D eigenvalue weighted by atomic mass is 32.2. The highest BCUT2D eigenvalue weighted by Gasteiger charge is 2.27. The van der Waals surface area contributed by atoms with E-state index in [-0.39, 0.29) is 27.7 Å². The third-order valence-corrected chi connectivity index (χ3v) is 7.65. The lowest BCUT2D eigenvalue weighted by atomic mass is 10.2. The molecule has 0 unspecified atom stereocenters. The molecule has 1 aliphatic rings. The summed E-state index contributed by atoms with van der Waals surface area (Å²) in [5.74, 6) is 0.659. The van der Waals surface area contributed by atoms with Gasteiger partial charge in [-0.15, -0.1) is 10.2 Å². The fourth-order valence-corrected chi connectivity index (χ4v) is 5.37. The largest absolute Gasteiger partial charge is 0.495 e. The Morgan fingerprint density at radius 3 is 2.56 bits per heavy atom. The molecule has 1 aliphatic heterocycles. The zero-order chi connectivity index (χ0) is 22.6. The van der Waals surface area contributed by atoms with Gasteiger partial charge in [0.15, 0.2) is 0 Å². The van der Waals surface area contributed by atoms with E-state index in [1.165, 1.54) is 11.4 Å². The highest BCUT2D eigenvalue weighted by Crippen LogP contribution is 2.27. The summed E-state index contributed by atoms with van der Waals surface area (Å²) in [4.78, 5) is 12.5. The van der Waals surface area contributed by atoms with E-state index in [2.05, 4.69) is 15.5 Å². The molecule has 0 saturated carbocycles. The van der Waals surface area contributed by atoms with Crippen molar-refractivity contribution in [3.05, 3.63) is 48.5 Å². The number of benzene rings is 2. The summed E-state index contributed by atoms with van der Waals surface area (Å²) < 4.78 is 37.6. The lowest BCUT2D eigenvalue weighted by Gasteiger charge is -2.15. The van der Waals surface area contributed by atoms with Crippen molar-refractivity contribution < 1.29 is 22.4 Å². The van der Waals surface area contributed by atoms with Gasteiger partial charge >= 0.3 is 0 Å². The van der Waals surface area contributed by atoms with Gasteiger partial charge in [-0.3, -0.25) is 4.79 Å². The van der Waals surface area contributed by atoms with Gasteiger partial charge in [-0.25, -0.2) is 8.42 Å². The van der Waals surface area contributed by atoms with Crippen molar-refractivity contribution in [1.29, 1.82) is 0 Å². The topological polar surface area (TPSA) is 115 Å². The summed E-state index contributed by atoms with van der Waals surface area (Å²) in [7, 11) is -1.94. The number of methoxy groups -OCH3 is 1. The van der Waals surface area contributed by atoms with E-state index < -0.39 is 10.0 Å². The number of para-hydroxylation sites is 2. The van der Waals surface area contributed by atoms with Crippen LogP contribution in [-0.2, 0) is 14.8 Å². The second-order valence-corrected chi connectivity index (χ2v) is 9.91. The minimum atomic E-state index is -3.47. The maximum absolute atomic E-state index is 12.6. The van der Waals surface area contributed by atoms with E-state index >= 15 is 0 Å². The summed E-state index contributed by atoms with van der Waals surface area (Å²) in [5, 5.41) is 11.0. The molecule has 0 spiro atoms. The number of rotatable bonds is 8. The molecule has 0 atom stereocenters. The number of nitrogens with one attached hydrogen (secondary N) is 1. The van der Waals surface area contributed by atoms with Crippen LogP contribution in [0.25, 0.3) is 11.5 Å². The number of carbonyl (C=O) groups is 1. The molecule has 3 aromatic rings. The Kier molecular flexibility index (Phi) is 6.77.